The number of thioether (sulfide) groups is 1. The van der Waals surface area contributed by atoms with Crippen LogP contribution in [0.15, 0.2) is 34.1 Å². The fraction of sp³-hybridized carbons (Fsp3) is 0.455. The molecule has 1 aromatic carbocycles. The van der Waals surface area contributed by atoms with Gasteiger partial charge in [-0.05, 0) is 30.0 Å². The molecule has 0 spiro atoms. The summed E-state index contributed by atoms with van der Waals surface area (Å²) >= 11 is 1.39. The van der Waals surface area contributed by atoms with Gasteiger partial charge in [-0.3, -0.25) is 4.79 Å². The number of carboxylic acid groups (broad SMARTS) is 1. The Hall–Kier alpha value is -2.45. The first-order valence-electron chi connectivity index (χ1n) is 10.2. The molecule has 162 valence electrons. The molecule has 30 heavy (non-hydrogen) atoms. The molecule has 2 aromatic rings. The number of nitrogens with zero attached hydrogens (tertiary/aromatic N) is 1. The zero-order valence-electron chi connectivity index (χ0n) is 17.6. The Balaban J connectivity index is 2.13. The number of rotatable bonds is 9. The van der Waals surface area contributed by atoms with E-state index in [-0.39, 0.29) is 29.1 Å². The third kappa shape index (κ3) is 4.49. The predicted octanol–water partition coefficient (Wildman–Crippen LogP) is 3.56. The second-order valence-corrected chi connectivity index (χ2v) is 8.77. The summed E-state index contributed by atoms with van der Waals surface area (Å²) in [6.45, 7) is 7.54. The number of nitrogens with one attached hydrogen (secondary N) is 1. The summed E-state index contributed by atoms with van der Waals surface area (Å²) in [5, 5.41) is 14.9. The average Bonchev–Trinajstić information content (AvgIpc) is 3.21. The van der Waals surface area contributed by atoms with E-state index >= 15 is 0 Å². The number of aliphatic carboxylic acids is 1. The van der Waals surface area contributed by atoms with Crippen LogP contribution in [0.25, 0.3) is 10.8 Å². The molecule has 7 nitrogen and oxygen atoms in total. The van der Waals surface area contributed by atoms with Gasteiger partial charge in [0.05, 0.1) is 17.7 Å². The van der Waals surface area contributed by atoms with E-state index < -0.39 is 5.97 Å². The smallest absolute Gasteiger partial charge is 0.352 e. The van der Waals surface area contributed by atoms with E-state index in [1.165, 1.54) is 11.8 Å². The molecule has 0 bridgehead atoms. The standard InChI is InChI=1S/C22H29N3O4S/c1-4-5-8-29-19-16-9-14(20-24-17(12-30-20)22(27)28)6-7-15(16)21(26)25(11-13(2)3)18(19)10-23/h6-7,9,12-13,20,24H,4-5,8,10-11,23H2,1-3H3,(H,27,28). The lowest BCUT2D eigenvalue weighted by Gasteiger charge is -2.21. The summed E-state index contributed by atoms with van der Waals surface area (Å²) in [6.07, 6.45) is 1.90. The molecule has 0 aliphatic carbocycles. The SMILES string of the molecule is CCCCOc1c(CN)n(CC(C)C)c(=O)c2ccc(C3NC(C(=O)O)=CS3)cc12. The highest BCUT2D eigenvalue weighted by Gasteiger charge is 2.24. The molecule has 1 aromatic heterocycles. The third-order valence-electron chi connectivity index (χ3n) is 4.98. The highest BCUT2D eigenvalue weighted by Crippen LogP contribution is 2.37. The molecule has 0 fully saturated rings. The summed E-state index contributed by atoms with van der Waals surface area (Å²) in [4.78, 5) is 24.5. The number of fused-ring (bicyclic) bond motifs is 1. The number of hydrogen-bond donors (Lipinski definition) is 3. The van der Waals surface area contributed by atoms with E-state index in [0.717, 1.165) is 23.8 Å². The maximum absolute atomic E-state index is 13.2. The van der Waals surface area contributed by atoms with Crippen LogP contribution in [0.2, 0.25) is 0 Å². The van der Waals surface area contributed by atoms with Gasteiger partial charge in [-0.2, -0.15) is 0 Å². The van der Waals surface area contributed by atoms with E-state index in [1.54, 1.807) is 16.0 Å². The monoisotopic (exact) mass is 431 g/mol. The van der Waals surface area contributed by atoms with Crippen molar-refractivity contribution in [3.05, 3.63) is 50.9 Å². The summed E-state index contributed by atoms with van der Waals surface area (Å²) in [5.74, 6) is -0.0540. The topological polar surface area (TPSA) is 107 Å². The summed E-state index contributed by atoms with van der Waals surface area (Å²) in [5.41, 5.74) is 7.74. The van der Waals surface area contributed by atoms with Gasteiger partial charge in [-0.15, -0.1) is 11.8 Å². The molecule has 0 saturated heterocycles. The molecule has 2 heterocycles. The molecule has 0 amide bonds. The Bertz CT molecular complexity index is 1030. The van der Waals surface area contributed by atoms with Gasteiger partial charge < -0.3 is 25.5 Å². The largest absolute Gasteiger partial charge is 0.491 e. The van der Waals surface area contributed by atoms with Gasteiger partial charge in [0.1, 0.15) is 16.8 Å². The maximum atomic E-state index is 13.2. The van der Waals surface area contributed by atoms with E-state index in [9.17, 15) is 14.7 Å². The molecule has 0 radical (unpaired) electrons. The number of benzene rings is 1. The van der Waals surface area contributed by atoms with E-state index in [1.807, 2.05) is 12.1 Å². The quantitative estimate of drug-likeness (QED) is 0.521. The van der Waals surface area contributed by atoms with Crippen LogP contribution in [0.5, 0.6) is 5.75 Å². The lowest BCUT2D eigenvalue weighted by molar-refractivity contribution is -0.133. The van der Waals surface area contributed by atoms with Crippen molar-refractivity contribution >= 4 is 28.5 Å². The summed E-state index contributed by atoms with van der Waals surface area (Å²) in [6, 6.07) is 5.59. The Labute approximate surface area is 180 Å². The molecular formula is C22H29N3O4S. The minimum absolute atomic E-state index is 0.0788. The highest BCUT2D eigenvalue weighted by atomic mass is 32.2. The lowest BCUT2D eigenvalue weighted by atomic mass is 10.0. The number of carbonyl (C=O) groups is 1. The number of pyridine rings is 1. The number of nitrogens with two attached hydrogens (primary N) is 1. The maximum Gasteiger partial charge on any atom is 0.352 e. The first-order chi connectivity index (χ1) is 14.4. The molecule has 1 atom stereocenters. The van der Waals surface area contributed by atoms with Gasteiger partial charge in [0, 0.05) is 23.9 Å². The van der Waals surface area contributed by atoms with Crippen molar-refractivity contribution in [2.24, 2.45) is 11.7 Å². The van der Waals surface area contributed by atoms with Crippen molar-refractivity contribution in [3.8, 4) is 5.75 Å². The fourth-order valence-electron chi connectivity index (χ4n) is 3.51. The van der Waals surface area contributed by atoms with Gasteiger partial charge in [0.2, 0.25) is 0 Å². The second-order valence-electron chi connectivity index (χ2n) is 7.79. The van der Waals surface area contributed by atoms with Crippen molar-refractivity contribution in [2.45, 2.75) is 52.1 Å². The van der Waals surface area contributed by atoms with Gasteiger partial charge in [-0.25, -0.2) is 4.79 Å². The molecule has 8 heteroatoms. The Morgan fingerprint density at radius 3 is 2.73 bits per heavy atom. The second kappa shape index (κ2) is 9.57. The zero-order chi connectivity index (χ0) is 21.8. The first kappa shape index (κ1) is 22.2. The Morgan fingerprint density at radius 1 is 1.37 bits per heavy atom. The first-order valence-corrected chi connectivity index (χ1v) is 11.2. The summed E-state index contributed by atoms with van der Waals surface area (Å²) < 4.78 is 7.90. The van der Waals surface area contributed by atoms with Crippen LogP contribution in [0.1, 0.15) is 50.2 Å². The minimum atomic E-state index is -0.989. The van der Waals surface area contributed by atoms with Crippen LogP contribution >= 0.6 is 11.8 Å². The van der Waals surface area contributed by atoms with Crippen molar-refractivity contribution in [3.63, 3.8) is 0 Å². The fourth-order valence-corrected chi connectivity index (χ4v) is 4.45. The highest BCUT2D eigenvalue weighted by molar-refractivity contribution is 8.02. The van der Waals surface area contributed by atoms with E-state index in [2.05, 4.69) is 26.1 Å². The van der Waals surface area contributed by atoms with E-state index in [0.29, 0.717) is 30.0 Å². The Kier molecular flexibility index (Phi) is 7.10. The van der Waals surface area contributed by atoms with Crippen LogP contribution in [-0.4, -0.2) is 22.2 Å². The molecular weight excluding hydrogens is 402 g/mol. The predicted molar refractivity (Wildman–Crippen MR) is 121 cm³/mol. The van der Waals surface area contributed by atoms with Gasteiger partial charge in [-0.1, -0.05) is 33.3 Å². The third-order valence-corrected chi connectivity index (χ3v) is 6.01. The van der Waals surface area contributed by atoms with E-state index in [4.69, 9.17) is 10.5 Å². The molecule has 1 aliphatic heterocycles. The summed E-state index contributed by atoms with van der Waals surface area (Å²) in [7, 11) is 0. The number of aromatic nitrogens is 1. The Morgan fingerprint density at radius 2 is 2.13 bits per heavy atom. The normalized spacial score (nSPS) is 16.0. The zero-order valence-corrected chi connectivity index (χ0v) is 18.4. The van der Waals surface area contributed by atoms with Crippen LogP contribution in [0, 0.1) is 5.92 Å². The van der Waals surface area contributed by atoms with Crippen LogP contribution in [0.4, 0.5) is 0 Å². The average molecular weight is 432 g/mol. The van der Waals surface area contributed by atoms with Crippen molar-refractivity contribution in [2.75, 3.05) is 6.61 Å². The number of ether oxygens (including phenoxy) is 1. The number of carboxylic acids is 1. The van der Waals surface area contributed by atoms with Crippen molar-refractivity contribution < 1.29 is 14.6 Å². The van der Waals surface area contributed by atoms with Gasteiger partial charge in [0.25, 0.3) is 5.56 Å². The molecule has 1 aliphatic rings. The van der Waals surface area contributed by atoms with Crippen LogP contribution in [0.3, 0.4) is 0 Å². The minimum Gasteiger partial charge on any atom is -0.491 e. The molecule has 3 rings (SSSR count). The number of hydrogen-bond acceptors (Lipinski definition) is 6. The molecule has 0 saturated carbocycles. The molecule has 1 unspecified atom stereocenters. The van der Waals surface area contributed by atoms with Crippen LogP contribution in [-0.2, 0) is 17.9 Å². The van der Waals surface area contributed by atoms with Gasteiger partial charge >= 0.3 is 5.97 Å². The van der Waals surface area contributed by atoms with Crippen LogP contribution < -0.4 is 21.3 Å². The molecule has 4 N–H and O–H groups in total. The number of unbranched alkanes of at least 4 members (excludes halogenated alkanes) is 1. The van der Waals surface area contributed by atoms with Crippen molar-refractivity contribution in [1.29, 1.82) is 0 Å². The lowest BCUT2D eigenvalue weighted by Crippen LogP contribution is -2.28. The van der Waals surface area contributed by atoms with Gasteiger partial charge in [0.15, 0.2) is 0 Å². The van der Waals surface area contributed by atoms with Crippen molar-refractivity contribution in [1.82, 2.24) is 9.88 Å².